The van der Waals surface area contributed by atoms with Gasteiger partial charge in [0, 0.05) is 6.54 Å². The minimum atomic E-state index is -1.70. The summed E-state index contributed by atoms with van der Waals surface area (Å²) in [6.07, 6.45) is -2.16. The van der Waals surface area contributed by atoms with Gasteiger partial charge in [-0.15, -0.1) is 0 Å². The molecule has 1 N–H and O–H groups in total. The standard InChI is InChI=1S/C15H19NO5.Li/c1-15(2,3)21-14(20)16-7-9-5-4-6-10(11(9)8-16)12(17)13(18)19;/h4-6,12,17H,7-8H2,1-3H3,(H,18,19);/q;+1/p-1. The van der Waals surface area contributed by atoms with E-state index in [9.17, 15) is 19.8 Å². The molecule has 0 aromatic heterocycles. The molecular weight excluding hydrogens is 281 g/mol. The van der Waals surface area contributed by atoms with Gasteiger partial charge in [-0.05, 0) is 37.5 Å². The maximum absolute atomic E-state index is 12.1. The van der Waals surface area contributed by atoms with Crippen LogP contribution in [0.15, 0.2) is 18.2 Å². The fourth-order valence-corrected chi connectivity index (χ4v) is 2.29. The smallest absolute Gasteiger partial charge is 0.547 e. The molecule has 1 aliphatic rings. The summed E-state index contributed by atoms with van der Waals surface area (Å²) in [5, 5.41) is 20.5. The molecule has 0 bridgehead atoms. The first kappa shape index (κ1) is 18.6. The maximum atomic E-state index is 12.1. The van der Waals surface area contributed by atoms with Crippen molar-refractivity contribution in [3.8, 4) is 0 Å². The molecule has 22 heavy (non-hydrogen) atoms. The Bertz CT molecular complexity index is 582. The first-order chi connectivity index (χ1) is 9.69. The van der Waals surface area contributed by atoms with Crippen molar-refractivity contribution in [2.75, 3.05) is 0 Å². The molecule has 1 heterocycles. The molecule has 6 nitrogen and oxygen atoms in total. The van der Waals surface area contributed by atoms with E-state index >= 15 is 0 Å². The number of aliphatic hydroxyl groups excluding tert-OH is 1. The number of carbonyl (C=O) groups is 2. The van der Waals surface area contributed by atoms with Gasteiger partial charge in [-0.1, -0.05) is 18.2 Å². The number of carbonyl (C=O) groups excluding carboxylic acids is 2. The Labute approximate surface area is 141 Å². The Morgan fingerprint density at radius 1 is 1.32 bits per heavy atom. The van der Waals surface area contributed by atoms with Crippen LogP contribution < -0.4 is 24.0 Å². The third-order valence-electron chi connectivity index (χ3n) is 3.19. The molecule has 114 valence electrons. The average Bonchev–Trinajstić information content (AvgIpc) is 2.79. The second kappa shape index (κ2) is 6.74. The minimum Gasteiger partial charge on any atom is -0.547 e. The van der Waals surface area contributed by atoms with Gasteiger partial charge in [-0.25, -0.2) is 4.79 Å². The van der Waals surface area contributed by atoms with Crippen molar-refractivity contribution in [2.45, 2.75) is 45.6 Å². The molecule has 1 unspecified atom stereocenters. The Morgan fingerprint density at radius 2 is 1.95 bits per heavy atom. The summed E-state index contributed by atoms with van der Waals surface area (Å²) >= 11 is 0. The molecule has 1 aromatic carbocycles. The van der Waals surface area contributed by atoms with Crippen LogP contribution in [-0.2, 0) is 22.6 Å². The van der Waals surface area contributed by atoms with Crippen LogP contribution in [0.3, 0.4) is 0 Å². The molecule has 1 aliphatic heterocycles. The molecule has 7 heteroatoms. The number of hydrogen-bond donors (Lipinski definition) is 1. The molecule has 0 aliphatic carbocycles. The molecule has 1 aromatic rings. The fourth-order valence-electron chi connectivity index (χ4n) is 2.29. The van der Waals surface area contributed by atoms with E-state index in [1.165, 1.54) is 11.0 Å². The topological polar surface area (TPSA) is 89.9 Å². The fraction of sp³-hybridized carbons (Fsp3) is 0.467. The monoisotopic (exact) mass is 299 g/mol. The van der Waals surface area contributed by atoms with Gasteiger partial charge < -0.3 is 19.7 Å². The van der Waals surface area contributed by atoms with Crippen LogP contribution in [0.5, 0.6) is 0 Å². The van der Waals surface area contributed by atoms with E-state index in [1.807, 2.05) is 0 Å². The number of hydrogen-bond acceptors (Lipinski definition) is 5. The maximum Gasteiger partial charge on any atom is 1.00 e. The largest absolute Gasteiger partial charge is 1.00 e. The number of aliphatic carboxylic acids is 1. The number of carboxylic acids is 1. The molecule has 0 fully saturated rings. The van der Waals surface area contributed by atoms with Gasteiger partial charge in [0.05, 0.1) is 12.5 Å². The zero-order valence-electron chi connectivity index (χ0n) is 13.3. The van der Waals surface area contributed by atoms with Crippen LogP contribution >= 0.6 is 0 Å². The van der Waals surface area contributed by atoms with Crippen molar-refractivity contribution in [1.82, 2.24) is 4.90 Å². The van der Waals surface area contributed by atoms with Gasteiger partial charge in [0.2, 0.25) is 0 Å². The van der Waals surface area contributed by atoms with Crippen LogP contribution in [0.4, 0.5) is 4.79 Å². The van der Waals surface area contributed by atoms with Crippen molar-refractivity contribution in [3.63, 3.8) is 0 Å². The Hall–Kier alpha value is -1.48. The van der Waals surface area contributed by atoms with E-state index in [-0.39, 0.29) is 31.0 Å². The molecule has 0 spiro atoms. The van der Waals surface area contributed by atoms with E-state index in [0.29, 0.717) is 12.1 Å². The number of amides is 1. The van der Waals surface area contributed by atoms with Gasteiger partial charge in [-0.3, -0.25) is 4.90 Å². The van der Waals surface area contributed by atoms with Gasteiger partial charge in [0.1, 0.15) is 11.7 Å². The molecule has 1 amide bonds. The zero-order valence-corrected chi connectivity index (χ0v) is 13.3. The Kier molecular flexibility index (Phi) is 5.69. The Morgan fingerprint density at radius 3 is 2.50 bits per heavy atom. The predicted octanol–water partition coefficient (Wildman–Crippen LogP) is -2.28. The quantitative estimate of drug-likeness (QED) is 0.622. The molecule has 0 radical (unpaired) electrons. The van der Waals surface area contributed by atoms with Gasteiger partial charge in [-0.2, -0.15) is 0 Å². The van der Waals surface area contributed by atoms with Crippen LogP contribution in [0.2, 0.25) is 0 Å². The molecule has 2 rings (SSSR count). The van der Waals surface area contributed by atoms with E-state index < -0.39 is 23.8 Å². The summed E-state index contributed by atoms with van der Waals surface area (Å²) in [4.78, 5) is 24.4. The number of aliphatic hydroxyl groups is 1. The Balaban J connectivity index is 0.00000242. The summed E-state index contributed by atoms with van der Waals surface area (Å²) in [7, 11) is 0. The number of rotatable bonds is 2. The number of fused-ring (bicyclic) bond motifs is 1. The second-order valence-corrected chi connectivity index (χ2v) is 6.04. The van der Waals surface area contributed by atoms with Crippen LogP contribution in [-0.4, -0.2) is 27.7 Å². The number of ether oxygens (including phenoxy) is 1. The zero-order chi connectivity index (χ0) is 15.8. The number of carboxylic acid groups (broad SMARTS) is 1. The van der Waals surface area contributed by atoms with E-state index in [1.54, 1.807) is 32.9 Å². The minimum absolute atomic E-state index is 0. The predicted molar refractivity (Wildman–Crippen MR) is 71.9 cm³/mol. The summed E-state index contributed by atoms with van der Waals surface area (Å²) in [6.45, 7) is 5.88. The molecular formula is C15H18LiNO5. The third kappa shape index (κ3) is 4.04. The first-order valence-corrected chi connectivity index (χ1v) is 6.66. The molecule has 0 saturated heterocycles. The van der Waals surface area contributed by atoms with Crippen molar-refractivity contribution >= 4 is 12.1 Å². The summed E-state index contributed by atoms with van der Waals surface area (Å²) in [6, 6.07) is 4.97. The normalized spacial score (nSPS) is 14.8. The number of benzene rings is 1. The second-order valence-electron chi connectivity index (χ2n) is 6.04. The van der Waals surface area contributed by atoms with Crippen molar-refractivity contribution in [2.24, 2.45) is 0 Å². The van der Waals surface area contributed by atoms with Crippen molar-refractivity contribution in [3.05, 3.63) is 34.9 Å². The van der Waals surface area contributed by atoms with Crippen LogP contribution in [0, 0.1) is 0 Å². The average molecular weight is 299 g/mol. The molecule has 0 saturated carbocycles. The van der Waals surface area contributed by atoms with E-state index in [2.05, 4.69) is 0 Å². The van der Waals surface area contributed by atoms with Crippen LogP contribution in [0.1, 0.15) is 43.6 Å². The first-order valence-electron chi connectivity index (χ1n) is 6.66. The van der Waals surface area contributed by atoms with Crippen LogP contribution in [0.25, 0.3) is 0 Å². The number of nitrogens with zero attached hydrogens (tertiary/aromatic N) is 1. The van der Waals surface area contributed by atoms with Crippen molar-refractivity contribution in [1.29, 1.82) is 0 Å². The van der Waals surface area contributed by atoms with Gasteiger partial charge in [0.25, 0.3) is 0 Å². The van der Waals surface area contributed by atoms with E-state index in [4.69, 9.17) is 4.74 Å². The summed E-state index contributed by atoms with van der Waals surface area (Å²) in [5.41, 5.74) is 1.11. The SMILES string of the molecule is CC(C)(C)OC(=O)N1Cc2cccc(C(O)C(=O)[O-])c2C1.[Li+]. The van der Waals surface area contributed by atoms with Gasteiger partial charge >= 0.3 is 25.0 Å². The summed E-state index contributed by atoms with van der Waals surface area (Å²) < 4.78 is 5.30. The molecule has 1 atom stereocenters. The van der Waals surface area contributed by atoms with E-state index in [0.717, 1.165) is 5.56 Å². The van der Waals surface area contributed by atoms with Gasteiger partial charge in [0.15, 0.2) is 0 Å². The third-order valence-corrected chi connectivity index (χ3v) is 3.19. The summed E-state index contributed by atoms with van der Waals surface area (Å²) in [5.74, 6) is -1.56. The van der Waals surface area contributed by atoms with Crippen molar-refractivity contribution < 1.29 is 43.4 Å².